The van der Waals surface area contributed by atoms with E-state index in [0.29, 0.717) is 17.0 Å². The van der Waals surface area contributed by atoms with Crippen molar-refractivity contribution < 1.29 is 40.3 Å². The molecule has 0 radical (unpaired) electrons. The minimum Gasteiger partial charge on any atom is -0.268 e. The number of alkyl halides is 7. The first kappa shape index (κ1) is 19.8. The van der Waals surface area contributed by atoms with Gasteiger partial charge in [0.25, 0.3) is 11.8 Å². The third-order valence-corrected chi connectivity index (χ3v) is 4.26. The average Bonchev–Trinajstić information content (AvgIpc) is 2.84. The first-order valence-electron chi connectivity index (χ1n) is 7.58. The highest BCUT2D eigenvalue weighted by Crippen LogP contribution is 2.53. The number of pyridine rings is 1. The van der Waals surface area contributed by atoms with Crippen LogP contribution in [0.2, 0.25) is 0 Å². The van der Waals surface area contributed by atoms with Gasteiger partial charge in [0.05, 0.1) is 11.3 Å². The Morgan fingerprint density at radius 1 is 0.893 bits per heavy atom. The molecule has 28 heavy (non-hydrogen) atoms. The van der Waals surface area contributed by atoms with Crippen LogP contribution in [0.1, 0.15) is 32.0 Å². The predicted octanol–water partition coefficient (Wildman–Crippen LogP) is 4.48. The molecular weight excluding hydrogens is 397 g/mol. The third kappa shape index (κ3) is 2.64. The highest BCUT2D eigenvalue weighted by molar-refractivity contribution is 6.33. The van der Waals surface area contributed by atoms with E-state index in [1.54, 1.807) is 0 Å². The summed E-state index contributed by atoms with van der Waals surface area (Å²) in [7, 11) is 0. The molecule has 0 N–H and O–H groups in total. The van der Waals surface area contributed by atoms with Gasteiger partial charge < -0.3 is 0 Å². The first-order valence-corrected chi connectivity index (χ1v) is 7.58. The Labute approximate surface area is 152 Å². The van der Waals surface area contributed by atoms with Gasteiger partial charge in [0.2, 0.25) is 0 Å². The van der Waals surface area contributed by atoms with Crippen LogP contribution < -0.4 is 4.90 Å². The van der Waals surface area contributed by atoms with Gasteiger partial charge in [-0.1, -0.05) is 12.1 Å². The van der Waals surface area contributed by atoms with Crippen molar-refractivity contribution in [2.45, 2.75) is 24.9 Å². The molecular formula is C17H9F7N2O2. The number of halogens is 7. The molecule has 3 rings (SSSR count). The van der Waals surface area contributed by atoms with Crippen LogP contribution >= 0.6 is 0 Å². The molecule has 148 valence electrons. The summed E-state index contributed by atoms with van der Waals surface area (Å²) >= 11 is 0. The van der Waals surface area contributed by atoms with E-state index in [-0.39, 0.29) is 28.6 Å². The Morgan fingerprint density at radius 3 is 2.00 bits per heavy atom. The number of anilines is 1. The Kier molecular flexibility index (Phi) is 4.24. The van der Waals surface area contributed by atoms with Gasteiger partial charge in [-0.2, -0.15) is 26.3 Å². The number of aromatic nitrogens is 1. The third-order valence-electron chi connectivity index (χ3n) is 4.26. The molecule has 0 fully saturated rings. The van der Waals surface area contributed by atoms with Crippen molar-refractivity contribution in [3.05, 3.63) is 58.9 Å². The molecule has 4 nitrogen and oxygen atoms in total. The molecule has 0 saturated carbocycles. The van der Waals surface area contributed by atoms with E-state index in [9.17, 15) is 40.3 Å². The fourth-order valence-electron chi connectivity index (χ4n) is 2.89. The molecule has 0 saturated heterocycles. The number of aryl methyl sites for hydroxylation is 1. The summed E-state index contributed by atoms with van der Waals surface area (Å²) in [4.78, 5) is 29.1. The lowest BCUT2D eigenvalue weighted by atomic mass is 9.92. The molecule has 0 atom stereocenters. The van der Waals surface area contributed by atoms with E-state index in [1.807, 2.05) is 0 Å². The van der Waals surface area contributed by atoms with Crippen LogP contribution in [0, 0.1) is 6.92 Å². The van der Waals surface area contributed by atoms with Crippen LogP contribution in [0.5, 0.6) is 0 Å². The number of imide groups is 1. The van der Waals surface area contributed by atoms with Crippen molar-refractivity contribution >= 4 is 17.5 Å². The van der Waals surface area contributed by atoms with Crippen LogP contribution in [0.25, 0.3) is 0 Å². The minimum absolute atomic E-state index is 0.0682. The summed E-state index contributed by atoms with van der Waals surface area (Å²) in [5.41, 5.74) is -8.19. The van der Waals surface area contributed by atoms with E-state index in [4.69, 9.17) is 0 Å². The number of nitrogens with zero attached hydrogens (tertiary/aromatic N) is 2. The Hall–Kier alpha value is -2.98. The number of benzene rings is 1. The van der Waals surface area contributed by atoms with Crippen molar-refractivity contribution in [2.24, 2.45) is 0 Å². The number of hydrogen-bond acceptors (Lipinski definition) is 3. The van der Waals surface area contributed by atoms with Crippen LogP contribution in [-0.2, 0) is 5.67 Å². The number of carbonyl (C=O) groups excluding carboxylic acids is 2. The van der Waals surface area contributed by atoms with Gasteiger partial charge in [0, 0.05) is 11.8 Å². The zero-order valence-corrected chi connectivity index (χ0v) is 13.8. The monoisotopic (exact) mass is 406 g/mol. The summed E-state index contributed by atoms with van der Waals surface area (Å²) < 4.78 is 91.6. The summed E-state index contributed by atoms with van der Waals surface area (Å²) in [5, 5.41) is 0. The molecule has 0 unspecified atom stereocenters. The van der Waals surface area contributed by atoms with Gasteiger partial charge in [-0.3, -0.25) is 14.6 Å². The largest absolute Gasteiger partial charge is 0.435 e. The molecule has 0 bridgehead atoms. The summed E-state index contributed by atoms with van der Waals surface area (Å²) in [5.74, 6) is -1.74. The van der Waals surface area contributed by atoms with Crippen LogP contribution in [0.3, 0.4) is 0 Å². The van der Waals surface area contributed by atoms with Crippen molar-refractivity contribution in [2.75, 3.05) is 4.90 Å². The maximum atomic E-state index is 14.2. The molecule has 2 aromatic rings. The molecule has 0 spiro atoms. The lowest BCUT2D eigenvalue weighted by Crippen LogP contribution is -2.50. The number of amides is 2. The van der Waals surface area contributed by atoms with Gasteiger partial charge in [0.1, 0.15) is 5.69 Å². The molecule has 1 aliphatic rings. The molecule has 1 aliphatic heterocycles. The highest BCUT2D eigenvalue weighted by atomic mass is 19.4. The normalized spacial score (nSPS) is 15.2. The zero-order valence-electron chi connectivity index (χ0n) is 13.8. The Balaban J connectivity index is 2.10. The molecule has 2 heterocycles. The second-order valence-corrected chi connectivity index (χ2v) is 6.00. The quantitative estimate of drug-likeness (QED) is 0.546. The minimum atomic E-state index is -6.27. The van der Waals surface area contributed by atoms with Gasteiger partial charge in [0.15, 0.2) is 0 Å². The van der Waals surface area contributed by atoms with Crippen LogP contribution in [0.4, 0.5) is 36.4 Å². The van der Waals surface area contributed by atoms with E-state index < -0.39 is 35.4 Å². The zero-order chi connectivity index (χ0) is 21.1. The molecule has 11 heteroatoms. The van der Waals surface area contributed by atoms with Gasteiger partial charge in [-0.15, -0.1) is 0 Å². The highest BCUT2D eigenvalue weighted by Gasteiger charge is 2.73. The smallest absolute Gasteiger partial charge is 0.268 e. The van der Waals surface area contributed by atoms with Crippen LogP contribution in [-0.4, -0.2) is 29.2 Å². The summed E-state index contributed by atoms with van der Waals surface area (Å²) in [6, 6.07) is 3.91. The molecule has 1 aromatic carbocycles. The van der Waals surface area contributed by atoms with Gasteiger partial charge in [-0.25, -0.2) is 9.29 Å². The molecule has 1 aromatic heterocycles. The number of rotatable bonds is 2. The Morgan fingerprint density at radius 2 is 1.50 bits per heavy atom. The maximum Gasteiger partial charge on any atom is 0.435 e. The number of carbonyl (C=O) groups is 2. The maximum absolute atomic E-state index is 14.2. The number of hydrogen-bond donors (Lipinski definition) is 0. The Bertz CT molecular complexity index is 933. The van der Waals surface area contributed by atoms with Gasteiger partial charge in [-0.05, 0) is 30.7 Å². The van der Waals surface area contributed by atoms with E-state index in [0.717, 1.165) is 6.92 Å². The lowest BCUT2D eigenvalue weighted by Gasteiger charge is -2.31. The van der Waals surface area contributed by atoms with Gasteiger partial charge >= 0.3 is 18.0 Å². The van der Waals surface area contributed by atoms with Crippen LogP contribution in [0.15, 0.2) is 36.5 Å². The molecule has 0 aliphatic carbocycles. The fourth-order valence-corrected chi connectivity index (χ4v) is 2.89. The first-order chi connectivity index (χ1) is 12.8. The summed E-state index contributed by atoms with van der Waals surface area (Å²) in [6.45, 7) is 1.06. The molecule has 2 amide bonds. The van der Waals surface area contributed by atoms with E-state index >= 15 is 0 Å². The van der Waals surface area contributed by atoms with Crippen molar-refractivity contribution in [1.82, 2.24) is 4.98 Å². The van der Waals surface area contributed by atoms with E-state index in [1.165, 1.54) is 18.3 Å². The fraction of sp³-hybridized carbons (Fsp3) is 0.235. The number of fused-ring (bicyclic) bond motifs is 1. The SMILES string of the molecule is Cc1cc(C(F)(C(F)(F)F)C(F)(F)F)ccc1N1C(=O)c2cccnc2C1=O. The standard InChI is InChI=1S/C17H9F7N2O2/c1-8-7-9(15(18,16(19,20)21)17(22,23)24)4-5-11(8)26-13(27)10-3-2-6-25-12(10)14(26)28/h2-7H,1H3. The van der Waals surface area contributed by atoms with Crippen molar-refractivity contribution in [3.63, 3.8) is 0 Å². The predicted molar refractivity (Wildman–Crippen MR) is 81.5 cm³/mol. The topological polar surface area (TPSA) is 50.3 Å². The second kappa shape index (κ2) is 6.01. The lowest BCUT2D eigenvalue weighted by molar-refractivity contribution is -0.348. The van der Waals surface area contributed by atoms with Crippen molar-refractivity contribution in [3.8, 4) is 0 Å². The second-order valence-electron chi connectivity index (χ2n) is 6.00. The average molecular weight is 406 g/mol. The summed E-state index contributed by atoms with van der Waals surface area (Å²) in [6.07, 6.45) is -11.3. The van der Waals surface area contributed by atoms with Crippen molar-refractivity contribution in [1.29, 1.82) is 0 Å². The van der Waals surface area contributed by atoms with E-state index in [2.05, 4.69) is 4.98 Å².